The van der Waals surface area contributed by atoms with Gasteiger partial charge in [0, 0.05) is 39.5 Å². The minimum atomic E-state index is -5.05. The average molecular weight is 935 g/mol. The van der Waals surface area contributed by atoms with Gasteiger partial charge in [0.2, 0.25) is 41.4 Å². The van der Waals surface area contributed by atoms with Crippen LogP contribution in [0.2, 0.25) is 0 Å². The molecule has 1 aromatic carbocycles. The summed E-state index contributed by atoms with van der Waals surface area (Å²) in [7, 11) is 1.43. The van der Waals surface area contributed by atoms with Gasteiger partial charge in [0.1, 0.15) is 41.7 Å². The predicted molar refractivity (Wildman–Crippen MR) is 230 cm³/mol. The first kappa shape index (κ1) is 51.6. The van der Waals surface area contributed by atoms with E-state index in [9.17, 15) is 60.8 Å². The van der Waals surface area contributed by atoms with Gasteiger partial charge in [-0.25, -0.2) is 8.78 Å². The average Bonchev–Trinajstić information content (AvgIpc) is 3.90. The number of likely N-dealkylation sites (tertiary alicyclic amines) is 1. The number of amides is 7. The summed E-state index contributed by atoms with van der Waals surface area (Å²) in [5, 5.41) is 17.6. The molecule has 3 heterocycles. The zero-order chi connectivity index (χ0) is 48.7. The van der Waals surface area contributed by atoms with Crippen molar-refractivity contribution in [1.82, 2.24) is 35.6 Å². The first-order chi connectivity index (χ1) is 31.0. The number of hydrogen-bond acceptors (Lipinski definition) is 8. The quantitative estimate of drug-likeness (QED) is 0.291. The van der Waals surface area contributed by atoms with Gasteiger partial charge >= 0.3 is 6.18 Å². The molecule has 0 unspecified atom stereocenters. The molecule has 20 heteroatoms. The fourth-order valence-corrected chi connectivity index (χ4v) is 9.92. The maximum atomic E-state index is 15.0. The number of carbonyl (C=O) groups excluding carboxylic acids is 7. The molecule has 66 heavy (non-hydrogen) atoms. The first-order valence-electron chi connectivity index (χ1n) is 23.1. The molecule has 7 amide bonds. The molecular formula is C46H63F5N8O7. The van der Waals surface area contributed by atoms with Crippen molar-refractivity contribution in [3.8, 4) is 6.07 Å². The minimum Gasteiger partial charge on any atom is -0.354 e. The largest absolute Gasteiger partial charge is 0.403 e. The number of fused-ring (bicyclic) bond motifs is 1. The van der Waals surface area contributed by atoms with Crippen LogP contribution < -0.4 is 16.0 Å². The lowest BCUT2D eigenvalue weighted by Gasteiger charge is -2.41. The second-order valence-electron chi connectivity index (χ2n) is 18.7. The summed E-state index contributed by atoms with van der Waals surface area (Å²) in [5.41, 5.74) is -2.00. The monoisotopic (exact) mass is 934 g/mol. The molecule has 1 aromatic rings. The minimum absolute atomic E-state index is 0.0122. The van der Waals surface area contributed by atoms with Crippen molar-refractivity contribution in [2.45, 2.75) is 160 Å². The number of nitriles is 1. The van der Waals surface area contributed by atoms with Crippen LogP contribution in [0, 0.1) is 22.7 Å². The Morgan fingerprint density at radius 3 is 2.30 bits per heavy atom. The number of nitrogens with zero attached hydrogens (tertiary/aromatic N) is 5. The molecule has 3 aliphatic heterocycles. The third-order valence-corrected chi connectivity index (χ3v) is 13.5. The van der Waals surface area contributed by atoms with Gasteiger partial charge in [-0.05, 0) is 88.8 Å². The first-order valence-corrected chi connectivity index (χ1v) is 23.1. The van der Waals surface area contributed by atoms with E-state index in [2.05, 4.69) is 22.0 Å². The molecule has 364 valence electrons. The van der Waals surface area contributed by atoms with E-state index in [1.807, 2.05) is 13.8 Å². The number of halogens is 5. The number of likely N-dealkylation sites (N-methyl/N-ethyl adjacent to an activating group) is 2. The topological polar surface area (TPSA) is 192 Å². The summed E-state index contributed by atoms with van der Waals surface area (Å²) in [6, 6.07) is 0.693. The van der Waals surface area contributed by atoms with E-state index in [0.717, 1.165) is 4.90 Å². The van der Waals surface area contributed by atoms with Gasteiger partial charge in [-0.15, -0.1) is 0 Å². The Kier molecular flexibility index (Phi) is 16.8. The van der Waals surface area contributed by atoms with Crippen LogP contribution in [0.1, 0.15) is 116 Å². The lowest BCUT2D eigenvalue weighted by molar-refractivity contribution is -0.236. The van der Waals surface area contributed by atoms with Crippen LogP contribution in [0.3, 0.4) is 0 Å². The van der Waals surface area contributed by atoms with Crippen molar-refractivity contribution in [1.29, 1.82) is 5.26 Å². The van der Waals surface area contributed by atoms with Crippen LogP contribution in [0.25, 0.3) is 0 Å². The third-order valence-electron chi connectivity index (χ3n) is 13.5. The van der Waals surface area contributed by atoms with Crippen LogP contribution in [-0.4, -0.2) is 143 Å². The Hall–Kier alpha value is -5.35. The predicted octanol–water partition coefficient (Wildman–Crippen LogP) is 4.22. The maximum absolute atomic E-state index is 15.0. The Balaban J connectivity index is 1.42. The summed E-state index contributed by atoms with van der Waals surface area (Å²) < 4.78 is 73.5. The SMILES string of the molecule is CCN(C(=O)[C@H](C)NC(=O)[C@H]1CC(F)(F)CN1C(=O)C1(C(F)(F)F)CCCCC1)[C@H]1CCCCNC(=O)[C@H]2CCCN2C(=O)[C@H](Cc2cccc(C#N)c2)N(C)C(=O)[C@H](CC(C)C)NC1=O. The van der Waals surface area contributed by atoms with Gasteiger partial charge in [-0.3, -0.25) is 33.6 Å². The van der Waals surface area contributed by atoms with Gasteiger partial charge in [0.25, 0.3) is 5.92 Å². The summed E-state index contributed by atoms with van der Waals surface area (Å²) in [4.78, 5) is 103. The van der Waals surface area contributed by atoms with Gasteiger partial charge < -0.3 is 35.6 Å². The van der Waals surface area contributed by atoms with Crippen LogP contribution >= 0.6 is 0 Å². The highest BCUT2D eigenvalue weighted by atomic mass is 19.4. The molecule has 0 aromatic heterocycles. The smallest absolute Gasteiger partial charge is 0.354 e. The number of alkyl halides is 5. The Bertz CT molecular complexity index is 2020. The summed E-state index contributed by atoms with van der Waals surface area (Å²) in [6.45, 7) is 5.38. The van der Waals surface area contributed by atoms with E-state index < -0.39 is 115 Å². The van der Waals surface area contributed by atoms with Crippen LogP contribution in [0.5, 0.6) is 0 Å². The Morgan fingerprint density at radius 2 is 1.67 bits per heavy atom. The summed E-state index contributed by atoms with van der Waals surface area (Å²) >= 11 is 0. The highest BCUT2D eigenvalue weighted by Gasteiger charge is 2.64. The number of benzene rings is 1. The molecule has 5 rings (SSSR count). The standard InChI is InChI=1S/C46H63F5N8O7/c1-6-57(40(63)29(4)54-39(62)36-25-45(47,48)27-59(36)43(66)44(46(49,50)51)18-9-7-10-19-44)34-16-8-11-20-53-37(60)33-17-13-21-58(33)42(65)35(24-30-14-12-15-31(23-30)26-52)56(5)41(64)32(22-28(2)3)55-38(34)61/h12,14-15,23,28-29,32-36H,6-11,13,16-22,24-25,27H2,1-5H3,(H,53,60)(H,54,62)(H,55,61)/t29-,32-,33+,34-,35-,36+/m0/s1. The molecule has 3 N–H and O–H groups in total. The number of rotatable bonds is 10. The lowest BCUT2D eigenvalue weighted by Crippen LogP contribution is -2.61. The second kappa shape index (κ2) is 21.5. The maximum Gasteiger partial charge on any atom is 0.403 e. The molecule has 1 saturated carbocycles. The van der Waals surface area contributed by atoms with Crippen molar-refractivity contribution < 1.29 is 55.5 Å². The number of nitrogens with one attached hydrogen (secondary N) is 3. The summed E-state index contributed by atoms with van der Waals surface area (Å²) in [5.74, 6) is -9.77. The van der Waals surface area contributed by atoms with Crippen molar-refractivity contribution >= 4 is 41.4 Å². The van der Waals surface area contributed by atoms with Crippen molar-refractivity contribution in [2.24, 2.45) is 11.3 Å². The highest BCUT2D eigenvalue weighted by Crippen LogP contribution is 2.51. The molecule has 0 spiro atoms. The molecule has 15 nitrogen and oxygen atoms in total. The van der Waals surface area contributed by atoms with Gasteiger partial charge in [0.15, 0.2) is 0 Å². The zero-order valence-electron chi connectivity index (χ0n) is 38.4. The van der Waals surface area contributed by atoms with Crippen molar-refractivity contribution in [3.63, 3.8) is 0 Å². The third kappa shape index (κ3) is 11.6. The van der Waals surface area contributed by atoms with Gasteiger partial charge in [-0.2, -0.15) is 18.4 Å². The molecule has 6 atom stereocenters. The highest BCUT2D eigenvalue weighted by molar-refractivity contribution is 5.98. The van der Waals surface area contributed by atoms with E-state index in [4.69, 9.17) is 0 Å². The molecule has 0 radical (unpaired) electrons. The fourth-order valence-electron chi connectivity index (χ4n) is 9.92. The molecule has 3 saturated heterocycles. The zero-order valence-corrected chi connectivity index (χ0v) is 38.4. The van der Waals surface area contributed by atoms with Crippen molar-refractivity contribution in [3.05, 3.63) is 35.4 Å². The number of hydrogen-bond donors (Lipinski definition) is 3. The van der Waals surface area contributed by atoms with Crippen LogP contribution in [-0.2, 0) is 40.0 Å². The van der Waals surface area contributed by atoms with E-state index in [0.29, 0.717) is 41.7 Å². The van der Waals surface area contributed by atoms with Crippen LogP contribution in [0.4, 0.5) is 22.0 Å². The normalized spacial score (nSPS) is 26.0. The molecule has 4 fully saturated rings. The number of carbonyl (C=O) groups is 7. The molecule has 1 aliphatic carbocycles. The molecular weight excluding hydrogens is 872 g/mol. The fraction of sp³-hybridized carbons (Fsp3) is 0.696. The molecule has 0 bridgehead atoms. The van der Waals surface area contributed by atoms with Crippen molar-refractivity contribution in [2.75, 3.05) is 33.2 Å². The Morgan fingerprint density at radius 1 is 0.970 bits per heavy atom. The summed E-state index contributed by atoms with van der Waals surface area (Å²) in [6.07, 6.45) is -5.30. The molecule has 4 aliphatic rings. The second-order valence-corrected chi connectivity index (χ2v) is 18.7. The van der Waals surface area contributed by atoms with E-state index in [1.54, 1.807) is 31.2 Å². The Labute approximate surface area is 382 Å². The van der Waals surface area contributed by atoms with E-state index in [1.165, 1.54) is 23.8 Å². The van der Waals surface area contributed by atoms with Crippen LogP contribution in [0.15, 0.2) is 24.3 Å². The van der Waals surface area contributed by atoms with Gasteiger partial charge in [0.05, 0.1) is 18.2 Å². The lowest BCUT2D eigenvalue weighted by atomic mass is 9.72. The van der Waals surface area contributed by atoms with E-state index >= 15 is 0 Å². The van der Waals surface area contributed by atoms with E-state index in [-0.39, 0.29) is 70.0 Å². The van der Waals surface area contributed by atoms with Gasteiger partial charge in [-0.1, -0.05) is 45.2 Å².